The molecule has 1 aliphatic rings. The quantitative estimate of drug-likeness (QED) is 0.865. The fraction of sp³-hybridized carbons (Fsp3) is 0.529. The fourth-order valence-corrected chi connectivity index (χ4v) is 2.86. The zero-order valence-corrected chi connectivity index (χ0v) is 13.2. The Balaban J connectivity index is 1.97. The molecule has 4 nitrogen and oxygen atoms in total. The highest BCUT2D eigenvalue weighted by Crippen LogP contribution is 2.22. The van der Waals surface area contributed by atoms with Crippen LogP contribution in [0.4, 0.5) is 0 Å². The standard InChI is InChI=1S/C17H26N2O2/c1-18(2)15-11-16(13-20)19(12-15)10-6-8-14-7-4-5-9-17(14)21-3/h4-9,15-16,20H,10-13H2,1-3H3/b8-6+/t15-,16+/m1/s1. The Labute approximate surface area is 127 Å². The van der Waals surface area contributed by atoms with E-state index < -0.39 is 0 Å². The van der Waals surface area contributed by atoms with E-state index in [1.54, 1.807) is 7.11 Å². The van der Waals surface area contributed by atoms with Gasteiger partial charge in [-0.15, -0.1) is 0 Å². The molecule has 4 heteroatoms. The molecule has 1 N–H and O–H groups in total. The predicted octanol–water partition coefficient (Wildman–Crippen LogP) is 1.71. The molecule has 0 spiro atoms. The number of benzene rings is 1. The molecule has 1 saturated heterocycles. The van der Waals surface area contributed by atoms with Crippen LogP contribution in [0.2, 0.25) is 0 Å². The van der Waals surface area contributed by atoms with Gasteiger partial charge in [0.25, 0.3) is 0 Å². The summed E-state index contributed by atoms with van der Waals surface area (Å²) in [6.45, 7) is 2.09. The molecule has 21 heavy (non-hydrogen) atoms. The second-order valence-corrected chi connectivity index (χ2v) is 5.79. The molecule has 0 aliphatic carbocycles. The van der Waals surface area contributed by atoms with E-state index in [0.717, 1.165) is 30.8 Å². The summed E-state index contributed by atoms with van der Waals surface area (Å²) in [5, 5.41) is 9.53. The number of nitrogens with zero attached hydrogens (tertiary/aromatic N) is 2. The summed E-state index contributed by atoms with van der Waals surface area (Å²) in [5.41, 5.74) is 1.09. The minimum atomic E-state index is 0.229. The highest BCUT2D eigenvalue weighted by atomic mass is 16.5. The summed E-state index contributed by atoms with van der Waals surface area (Å²) in [7, 11) is 5.90. The molecule has 116 valence electrons. The minimum Gasteiger partial charge on any atom is -0.496 e. The van der Waals surface area contributed by atoms with Crippen molar-refractivity contribution in [2.45, 2.75) is 18.5 Å². The molecule has 1 aromatic carbocycles. The molecule has 1 fully saturated rings. The van der Waals surface area contributed by atoms with Crippen LogP contribution in [0.3, 0.4) is 0 Å². The molecular weight excluding hydrogens is 264 g/mol. The Morgan fingerprint density at radius 2 is 2.14 bits per heavy atom. The first-order valence-corrected chi connectivity index (χ1v) is 7.46. The summed E-state index contributed by atoms with van der Waals surface area (Å²) in [6, 6.07) is 8.79. The fourth-order valence-electron chi connectivity index (χ4n) is 2.86. The lowest BCUT2D eigenvalue weighted by Gasteiger charge is -2.21. The number of aliphatic hydroxyl groups is 1. The van der Waals surface area contributed by atoms with Crippen LogP contribution in [0.25, 0.3) is 6.08 Å². The average molecular weight is 290 g/mol. The molecule has 0 saturated carbocycles. The van der Waals surface area contributed by atoms with E-state index in [-0.39, 0.29) is 12.6 Å². The van der Waals surface area contributed by atoms with E-state index in [1.807, 2.05) is 24.3 Å². The van der Waals surface area contributed by atoms with Crippen molar-refractivity contribution in [2.24, 2.45) is 0 Å². The first-order valence-electron chi connectivity index (χ1n) is 7.46. The van der Waals surface area contributed by atoms with Gasteiger partial charge < -0.3 is 14.7 Å². The maximum atomic E-state index is 9.53. The Morgan fingerprint density at radius 1 is 1.38 bits per heavy atom. The number of para-hydroxylation sites is 1. The first kappa shape index (κ1) is 16.0. The molecule has 1 aliphatic heterocycles. The third kappa shape index (κ3) is 4.06. The van der Waals surface area contributed by atoms with Crippen molar-refractivity contribution >= 4 is 6.08 Å². The maximum absolute atomic E-state index is 9.53. The van der Waals surface area contributed by atoms with Gasteiger partial charge in [0.05, 0.1) is 13.7 Å². The van der Waals surface area contributed by atoms with Crippen molar-refractivity contribution < 1.29 is 9.84 Å². The lowest BCUT2D eigenvalue weighted by atomic mass is 10.1. The second-order valence-electron chi connectivity index (χ2n) is 5.79. The molecule has 0 radical (unpaired) electrons. The van der Waals surface area contributed by atoms with Crippen molar-refractivity contribution in [3.05, 3.63) is 35.9 Å². The Morgan fingerprint density at radius 3 is 2.81 bits per heavy atom. The number of methoxy groups -OCH3 is 1. The third-order valence-corrected chi connectivity index (χ3v) is 4.22. The summed E-state index contributed by atoms with van der Waals surface area (Å²) in [6.07, 6.45) is 5.28. The average Bonchev–Trinajstić information content (AvgIpc) is 2.91. The highest BCUT2D eigenvalue weighted by molar-refractivity contribution is 5.57. The largest absolute Gasteiger partial charge is 0.496 e. The van der Waals surface area contributed by atoms with Crippen molar-refractivity contribution in [1.82, 2.24) is 9.80 Å². The van der Waals surface area contributed by atoms with Gasteiger partial charge in [0.15, 0.2) is 0 Å². The molecule has 2 rings (SSSR count). The Bertz CT molecular complexity index is 474. The van der Waals surface area contributed by atoms with Crippen molar-refractivity contribution in [3.63, 3.8) is 0 Å². The monoisotopic (exact) mass is 290 g/mol. The maximum Gasteiger partial charge on any atom is 0.126 e. The summed E-state index contributed by atoms with van der Waals surface area (Å²) in [5.74, 6) is 0.889. The molecule has 0 amide bonds. The van der Waals surface area contributed by atoms with Gasteiger partial charge in [-0.25, -0.2) is 0 Å². The van der Waals surface area contributed by atoms with E-state index in [0.29, 0.717) is 6.04 Å². The van der Waals surface area contributed by atoms with Crippen LogP contribution in [-0.4, -0.2) is 67.9 Å². The van der Waals surface area contributed by atoms with Crippen LogP contribution < -0.4 is 4.74 Å². The molecule has 2 atom stereocenters. The zero-order chi connectivity index (χ0) is 15.2. The van der Waals surface area contributed by atoms with Gasteiger partial charge in [0.1, 0.15) is 5.75 Å². The Kier molecular flexibility index (Phi) is 5.79. The lowest BCUT2D eigenvalue weighted by Crippen LogP contribution is -2.34. The van der Waals surface area contributed by atoms with E-state index in [2.05, 4.69) is 36.0 Å². The van der Waals surface area contributed by atoms with Crippen molar-refractivity contribution in [3.8, 4) is 5.75 Å². The molecule has 0 bridgehead atoms. The van der Waals surface area contributed by atoms with Gasteiger partial charge in [-0.2, -0.15) is 0 Å². The van der Waals surface area contributed by atoms with Crippen LogP contribution in [0.5, 0.6) is 5.75 Å². The SMILES string of the molecule is COc1ccccc1/C=C/CN1C[C@H](N(C)C)C[C@H]1CO. The van der Waals surface area contributed by atoms with E-state index in [9.17, 15) is 5.11 Å². The van der Waals surface area contributed by atoms with Gasteiger partial charge in [0, 0.05) is 30.7 Å². The summed E-state index contributed by atoms with van der Waals surface area (Å²) in [4.78, 5) is 4.59. The van der Waals surface area contributed by atoms with E-state index in [4.69, 9.17) is 4.74 Å². The van der Waals surface area contributed by atoms with Crippen molar-refractivity contribution in [1.29, 1.82) is 0 Å². The highest BCUT2D eigenvalue weighted by Gasteiger charge is 2.31. The molecular formula is C17H26N2O2. The summed E-state index contributed by atoms with van der Waals surface area (Å²) >= 11 is 0. The summed E-state index contributed by atoms with van der Waals surface area (Å²) < 4.78 is 5.35. The number of likely N-dealkylation sites (tertiary alicyclic amines) is 1. The Hall–Kier alpha value is -1.36. The smallest absolute Gasteiger partial charge is 0.126 e. The van der Waals surface area contributed by atoms with Gasteiger partial charge in [0.2, 0.25) is 0 Å². The number of likely N-dealkylation sites (N-methyl/N-ethyl adjacent to an activating group) is 1. The third-order valence-electron chi connectivity index (χ3n) is 4.22. The molecule has 0 unspecified atom stereocenters. The number of hydrogen-bond donors (Lipinski definition) is 1. The van der Waals surface area contributed by atoms with Crippen LogP contribution in [0.1, 0.15) is 12.0 Å². The molecule has 1 aromatic rings. The van der Waals surface area contributed by atoms with Gasteiger partial charge in [-0.3, -0.25) is 4.90 Å². The van der Waals surface area contributed by atoms with E-state index in [1.165, 1.54) is 0 Å². The molecule has 0 aromatic heterocycles. The van der Waals surface area contributed by atoms with Crippen LogP contribution in [-0.2, 0) is 0 Å². The van der Waals surface area contributed by atoms with Crippen LogP contribution >= 0.6 is 0 Å². The van der Waals surface area contributed by atoms with E-state index >= 15 is 0 Å². The van der Waals surface area contributed by atoms with Crippen LogP contribution in [0, 0.1) is 0 Å². The van der Waals surface area contributed by atoms with Gasteiger partial charge in [-0.05, 0) is 26.6 Å². The lowest BCUT2D eigenvalue weighted by molar-refractivity contribution is 0.170. The topological polar surface area (TPSA) is 35.9 Å². The van der Waals surface area contributed by atoms with Gasteiger partial charge in [-0.1, -0.05) is 30.4 Å². The van der Waals surface area contributed by atoms with Crippen LogP contribution in [0.15, 0.2) is 30.3 Å². The van der Waals surface area contributed by atoms with Crippen molar-refractivity contribution in [2.75, 3.05) is 40.9 Å². The number of rotatable bonds is 6. The number of ether oxygens (including phenoxy) is 1. The normalized spacial score (nSPS) is 23.3. The number of hydrogen-bond acceptors (Lipinski definition) is 4. The number of aliphatic hydroxyl groups excluding tert-OH is 1. The minimum absolute atomic E-state index is 0.229. The van der Waals surface area contributed by atoms with Gasteiger partial charge >= 0.3 is 0 Å². The first-order chi connectivity index (χ1) is 10.2. The predicted molar refractivity (Wildman–Crippen MR) is 86.6 cm³/mol. The molecule has 1 heterocycles. The zero-order valence-electron chi connectivity index (χ0n) is 13.2. The second kappa shape index (κ2) is 7.59.